The fraction of sp³-hybridized carbons (Fsp3) is 0.353. The first-order valence-corrected chi connectivity index (χ1v) is 7.76. The number of carboxylic acids is 1. The summed E-state index contributed by atoms with van der Waals surface area (Å²) < 4.78 is 0. The van der Waals surface area contributed by atoms with Crippen LogP contribution in [0.1, 0.15) is 36.0 Å². The minimum Gasteiger partial charge on any atom is -0.481 e. The van der Waals surface area contributed by atoms with Gasteiger partial charge in [-0.1, -0.05) is 12.1 Å². The zero-order chi connectivity index (χ0) is 16.2. The summed E-state index contributed by atoms with van der Waals surface area (Å²) in [6, 6.07) is 7.44. The van der Waals surface area contributed by atoms with Crippen molar-refractivity contribution < 1.29 is 14.7 Å². The van der Waals surface area contributed by atoms with E-state index in [0.29, 0.717) is 31.2 Å². The van der Waals surface area contributed by atoms with Gasteiger partial charge in [-0.15, -0.1) is 0 Å². The Hall–Kier alpha value is -2.63. The van der Waals surface area contributed by atoms with Crippen LogP contribution in [0, 0.1) is 5.92 Å². The van der Waals surface area contributed by atoms with Gasteiger partial charge in [0.1, 0.15) is 0 Å². The van der Waals surface area contributed by atoms with Crippen molar-refractivity contribution in [1.82, 2.24) is 15.5 Å². The van der Waals surface area contributed by atoms with E-state index in [4.69, 9.17) is 5.11 Å². The predicted octanol–water partition coefficient (Wildman–Crippen LogP) is 2.45. The smallest absolute Gasteiger partial charge is 0.306 e. The summed E-state index contributed by atoms with van der Waals surface area (Å²) in [7, 11) is 0. The van der Waals surface area contributed by atoms with Gasteiger partial charge in [0.15, 0.2) is 0 Å². The molecule has 6 nitrogen and oxygen atoms in total. The van der Waals surface area contributed by atoms with Crippen molar-refractivity contribution in [2.24, 2.45) is 5.92 Å². The number of aromatic nitrogens is 2. The molecule has 0 unspecified atom stereocenters. The van der Waals surface area contributed by atoms with Gasteiger partial charge in [-0.3, -0.25) is 14.7 Å². The number of carbonyl (C=O) groups is 2. The Balaban J connectivity index is 1.63. The van der Waals surface area contributed by atoms with E-state index in [1.54, 1.807) is 18.5 Å². The minimum atomic E-state index is -0.734. The van der Waals surface area contributed by atoms with Crippen LogP contribution in [0.15, 0.2) is 36.7 Å². The Morgan fingerprint density at radius 3 is 2.61 bits per heavy atom. The molecule has 1 aromatic heterocycles. The molecular weight excluding hydrogens is 294 g/mol. The second-order valence-corrected chi connectivity index (χ2v) is 5.93. The van der Waals surface area contributed by atoms with Crippen LogP contribution in [0.3, 0.4) is 0 Å². The fourth-order valence-electron chi connectivity index (χ4n) is 3.00. The van der Waals surface area contributed by atoms with E-state index in [0.717, 1.165) is 11.1 Å². The van der Waals surface area contributed by atoms with Crippen molar-refractivity contribution in [3.05, 3.63) is 42.2 Å². The Morgan fingerprint density at radius 1 is 1.17 bits per heavy atom. The normalized spacial score (nSPS) is 20.9. The number of aromatic amines is 1. The molecule has 3 N–H and O–H groups in total. The molecule has 1 fully saturated rings. The SMILES string of the molecule is O=C(NC1CCC(C(=O)O)CC1)c1cccc(-c2cn[nH]c2)c1. The molecule has 0 bridgehead atoms. The molecule has 3 rings (SSSR count). The first kappa shape index (κ1) is 15.3. The van der Waals surface area contributed by atoms with Crippen molar-refractivity contribution >= 4 is 11.9 Å². The van der Waals surface area contributed by atoms with Gasteiger partial charge in [0.25, 0.3) is 5.91 Å². The Labute approximate surface area is 133 Å². The molecule has 120 valence electrons. The first-order chi connectivity index (χ1) is 11.1. The number of aliphatic carboxylic acids is 1. The summed E-state index contributed by atoms with van der Waals surface area (Å²) in [4.78, 5) is 23.4. The number of hydrogen-bond donors (Lipinski definition) is 3. The van der Waals surface area contributed by atoms with Gasteiger partial charge in [0.2, 0.25) is 0 Å². The second kappa shape index (κ2) is 6.64. The highest BCUT2D eigenvalue weighted by Crippen LogP contribution is 2.25. The molecule has 1 amide bonds. The second-order valence-electron chi connectivity index (χ2n) is 5.93. The molecule has 2 aromatic rings. The molecule has 23 heavy (non-hydrogen) atoms. The van der Waals surface area contributed by atoms with Crippen LogP contribution >= 0.6 is 0 Å². The monoisotopic (exact) mass is 313 g/mol. The number of carbonyl (C=O) groups excluding carboxylic acids is 1. The van der Waals surface area contributed by atoms with Crippen molar-refractivity contribution in [1.29, 1.82) is 0 Å². The molecule has 0 radical (unpaired) electrons. The van der Waals surface area contributed by atoms with Crippen LogP contribution in [0.25, 0.3) is 11.1 Å². The zero-order valence-electron chi connectivity index (χ0n) is 12.7. The summed E-state index contributed by atoms with van der Waals surface area (Å²) >= 11 is 0. The number of amides is 1. The topological polar surface area (TPSA) is 95.1 Å². The van der Waals surface area contributed by atoms with Crippen LogP contribution in [-0.4, -0.2) is 33.2 Å². The third kappa shape index (κ3) is 3.59. The highest BCUT2D eigenvalue weighted by Gasteiger charge is 2.26. The molecule has 6 heteroatoms. The van der Waals surface area contributed by atoms with E-state index in [-0.39, 0.29) is 17.9 Å². The van der Waals surface area contributed by atoms with E-state index in [1.165, 1.54) is 0 Å². The highest BCUT2D eigenvalue weighted by molar-refractivity contribution is 5.95. The Kier molecular flexibility index (Phi) is 4.41. The molecule has 1 aliphatic rings. The van der Waals surface area contributed by atoms with Crippen LogP contribution < -0.4 is 5.32 Å². The third-order valence-corrected chi connectivity index (χ3v) is 4.37. The molecule has 1 heterocycles. The number of carboxylic acid groups (broad SMARTS) is 1. The van der Waals surface area contributed by atoms with E-state index >= 15 is 0 Å². The van der Waals surface area contributed by atoms with Gasteiger partial charge < -0.3 is 10.4 Å². The number of nitrogens with one attached hydrogen (secondary N) is 2. The maximum Gasteiger partial charge on any atom is 0.306 e. The van der Waals surface area contributed by atoms with Gasteiger partial charge in [-0.25, -0.2) is 0 Å². The maximum absolute atomic E-state index is 12.4. The molecule has 1 saturated carbocycles. The number of H-pyrrole nitrogens is 1. The molecule has 1 aromatic carbocycles. The Morgan fingerprint density at radius 2 is 1.96 bits per heavy atom. The predicted molar refractivity (Wildman–Crippen MR) is 84.9 cm³/mol. The van der Waals surface area contributed by atoms with Crippen LogP contribution in [-0.2, 0) is 4.79 Å². The van der Waals surface area contributed by atoms with Crippen molar-refractivity contribution in [2.45, 2.75) is 31.7 Å². The standard InChI is InChI=1S/C17H19N3O3/c21-16(20-15-6-4-11(5-7-15)17(22)23)13-3-1-2-12(8-13)14-9-18-19-10-14/h1-3,8-11,15H,4-7H2,(H,18,19)(H,20,21)(H,22,23). The number of benzene rings is 1. The highest BCUT2D eigenvalue weighted by atomic mass is 16.4. The number of rotatable bonds is 4. The van der Waals surface area contributed by atoms with Crippen molar-refractivity contribution in [3.63, 3.8) is 0 Å². The molecule has 0 atom stereocenters. The summed E-state index contributed by atoms with van der Waals surface area (Å²) in [6.45, 7) is 0. The van der Waals surface area contributed by atoms with Crippen LogP contribution in [0.5, 0.6) is 0 Å². The third-order valence-electron chi connectivity index (χ3n) is 4.37. The van der Waals surface area contributed by atoms with Crippen molar-refractivity contribution in [2.75, 3.05) is 0 Å². The summed E-state index contributed by atoms with van der Waals surface area (Å²) in [5, 5.41) is 18.7. The average molecular weight is 313 g/mol. The largest absolute Gasteiger partial charge is 0.481 e. The molecule has 0 aliphatic heterocycles. The summed E-state index contributed by atoms with van der Waals surface area (Å²) in [5.41, 5.74) is 2.46. The number of hydrogen-bond acceptors (Lipinski definition) is 3. The maximum atomic E-state index is 12.4. The fourth-order valence-corrected chi connectivity index (χ4v) is 3.00. The van der Waals surface area contributed by atoms with E-state index in [9.17, 15) is 9.59 Å². The quantitative estimate of drug-likeness (QED) is 0.808. The number of nitrogens with zero attached hydrogens (tertiary/aromatic N) is 1. The Bertz CT molecular complexity index is 689. The zero-order valence-corrected chi connectivity index (χ0v) is 12.7. The van der Waals surface area contributed by atoms with Gasteiger partial charge in [0, 0.05) is 23.4 Å². The van der Waals surface area contributed by atoms with Gasteiger partial charge >= 0.3 is 5.97 Å². The lowest BCUT2D eigenvalue weighted by molar-refractivity contribution is -0.142. The molecule has 0 saturated heterocycles. The van der Waals surface area contributed by atoms with Crippen LogP contribution in [0.2, 0.25) is 0 Å². The van der Waals surface area contributed by atoms with Gasteiger partial charge in [-0.05, 0) is 43.4 Å². The minimum absolute atomic E-state index is 0.0516. The van der Waals surface area contributed by atoms with E-state index in [1.807, 2.05) is 18.2 Å². The molecule has 0 spiro atoms. The average Bonchev–Trinajstić information content (AvgIpc) is 3.10. The van der Waals surface area contributed by atoms with Gasteiger partial charge in [0.05, 0.1) is 12.1 Å². The lowest BCUT2D eigenvalue weighted by Gasteiger charge is -2.26. The lowest BCUT2D eigenvalue weighted by atomic mass is 9.86. The van der Waals surface area contributed by atoms with Crippen LogP contribution in [0.4, 0.5) is 0 Å². The van der Waals surface area contributed by atoms with E-state index in [2.05, 4.69) is 15.5 Å². The first-order valence-electron chi connectivity index (χ1n) is 7.76. The van der Waals surface area contributed by atoms with Gasteiger partial charge in [-0.2, -0.15) is 5.10 Å². The summed E-state index contributed by atoms with van der Waals surface area (Å²) in [6.07, 6.45) is 6.16. The molecular formula is C17H19N3O3. The van der Waals surface area contributed by atoms with Crippen molar-refractivity contribution in [3.8, 4) is 11.1 Å². The lowest BCUT2D eigenvalue weighted by Crippen LogP contribution is -2.38. The summed E-state index contributed by atoms with van der Waals surface area (Å²) in [5.74, 6) is -1.12. The molecule has 1 aliphatic carbocycles. The van der Waals surface area contributed by atoms with E-state index < -0.39 is 5.97 Å².